The molecule has 1 aromatic heterocycles. The first kappa shape index (κ1) is 23.0. The van der Waals surface area contributed by atoms with Gasteiger partial charge in [-0.1, -0.05) is 49.0 Å². The maximum atomic E-state index is 13.3. The molecule has 6 rings (SSSR count). The third kappa shape index (κ3) is 4.13. The topological polar surface area (TPSA) is 62.2 Å². The number of nitrogens with one attached hydrogen (secondary N) is 2. The molecular formula is C30H35N5O. The monoisotopic (exact) mass is 481 g/mol. The Morgan fingerprint density at radius 1 is 1.06 bits per heavy atom. The standard InChI is InChI=1S/C30H35N5O/c1-22(34-18-15-30(16-19-34)14-13-23-8-5-6-12-27(23)30)26-21-32-35(25-10-3-2-4-11-25)28(26)33-29(36)24-9-7-17-31-20-24/h2-6,8,10-12,21,24,31H,1,7,9,13-20H2,(H,33,36). The van der Waals surface area contributed by atoms with Gasteiger partial charge in [-0.3, -0.25) is 4.79 Å². The minimum Gasteiger partial charge on any atom is -0.371 e. The van der Waals surface area contributed by atoms with Crippen LogP contribution in [0.2, 0.25) is 0 Å². The van der Waals surface area contributed by atoms with E-state index in [9.17, 15) is 4.79 Å². The number of amides is 1. The quantitative estimate of drug-likeness (QED) is 0.552. The molecule has 1 aliphatic carbocycles. The molecule has 2 aromatic carbocycles. The van der Waals surface area contributed by atoms with Gasteiger partial charge in [-0.15, -0.1) is 0 Å². The molecule has 3 aromatic rings. The Hall–Kier alpha value is -3.38. The highest BCUT2D eigenvalue weighted by molar-refractivity contribution is 5.95. The van der Waals surface area contributed by atoms with Gasteiger partial charge in [-0.25, -0.2) is 4.68 Å². The lowest BCUT2D eigenvalue weighted by Gasteiger charge is -2.42. The summed E-state index contributed by atoms with van der Waals surface area (Å²) in [5, 5.41) is 11.3. The van der Waals surface area contributed by atoms with Crippen LogP contribution in [0.3, 0.4) is 0 Å². The SMILES string of the molecule is C=C(c1cnn(-c2ccccc2)c1NC(=O)C1CCCNC1)N1CCC2(CCc3ccccc32)CC1. The number of aromatic nitrogens is 2. The third-order valence-electron chi connectivity index (χ3n) is 8.55. The van der Waals surface area contributed by atoms with Crippen molar-refractivity contribution in [3.05, 3.63) is 84.1 Å². The molecule has 186 valence electrons. The second-order valence-electron chi connectivity index (χ2n) is 10.6. The lowest BCUT2D eigenvalue weighted by atomic mass is 9.73. The van der Waals surface area contributed by atoms with Crippen molar-refractivity contribution in [3.63, 3.8) is 0 Å². The van der Waals surface area contributed by atoms with E-state index in [1.807, 2.05) is 41.2 Å². The molecule has 0 saturated carbocycles. The number of nitrogens with zero attached hydrogens (tertiary/aromatic N) is 3. The fourth-order valence-corrected chi connectivity index (χ4v) is 6.40. The van der Waals surface area contributed by atoms with Crippen molar-refractivity contribution in [2.45, 2.75) is 43.9 Å². The number of carbonyl (C=O) groups excluding carboxylic acids is 1. The molecule has 0 radical (unpaired) electrons. The summed E-state index contributed by atoms with van der Waals surface area (Å²) in [6.45, 7) is 8.13. The lowest BCUT2D eigenvalue weighted by molar-refractivity contribution is -0.120. The molecule has 2 saturated heterocycles. The van der Waals surface area contributed by atoms with E-state index in [-0.39, 0.29) is 11.8 Å². The van der Waals surface area contributed by atoms with Crippen molar-refractivity contribution in [2.24, 2.45) is 5.92 Å². The summed E-state index contributed by atoms with van der Waals surface area (Å²) in [7, 11) is 0. The first-order chi connectivity index (χ1) is 17.6. The average Bonchev–Trinajstić information content (AvgIpc) is 3.52. The Labute approximate surface area is 213 Å². The highest BCUT2D eigenvalue weighted by atomic mass is 16.2. The van der Waals surface area contributed by atoms with Crippen molar-refractivity contribution in [1.29, 1.82) is 0 Å². The fraction of sp³-hybridized carbons (Fsp3) is 0.400. The van der Waals surface area contributed by atoms with Gasteiger partial charge in [-0.2, -0.15) is 5.10 Å². The Kier molecular flexibility index (Phi) is 6.13. The number of likely N-dealkylation sites (tertiary alicyclic amines) is 1. The zero-order valence-corrected chi connectivity index (χ0v) is 20.9. The van der Waals surface area contributed by atoms with Crippen molar-refractivity contribution >= 4 is 17.4 Å². The van der Waals surface area contributed by atoms with E-state index in [4.69, 9.17) is 5.10 Å². The molecule has 0 bridgehead atoms. The van der Waals surface area contributed by atoms with Crippen LogP contribution in [-0.2, 0) is 16.6 Å². The summed E-state index contributed by atoms with van der Waals surface area (Å²) in [6, 6.07) is 19.0. The Balaban J connectivity index is 1.25. The van der Waals surface area contributed by atoms with Crippen LogP contribution in [0.25, 0.3) is 11.4 Å². The number of carbonyl (C=O) groups is 1. The number of aryl methyl sites for hydroxylation is 1. The normalized spacial score (nSPS) is 20.8. The van der Waals surface area contributed by atoms with Gasteiger partial charge < -0.3 is 15.5 Å². The molecule has 2 fully saturated rings. The molecule has 1 unspecified atom stereocenters. The molecule has 3 aliphatic rings. The summed E-state index contributed by atoms with van der Waals surface area (Å²) in [4.78, 5) is 15.6. The van der Waals surface area contributed by atoms with Crippen LogP contribution in [0, 0.1) is 5.92 Å². The zero-order chi connectivity index (χ0) is 24.5. The van der Waals surface area contributed by atoms with E-state index in [0.29, 0.717) is 11.2 Å². The number of benzene rings is 2. The van der Waals surface area contributed by atoms with Gasteiger partial charge in [0.2, 0.25) is 5.91 Å². The van der Waals surface area contributed by atoms with Crippen LogP contribution in [0.15, 0.2) is 67.4 Å². The second-order valence-corrected chi connectivity index (χ2v) is 10.6. The van der Waals surface area contributed by atoms with E-state index in [1.165, 1.54) is 18.4 Å². The van der Waals surface area contributed by atoms with Crippen LogP contribution < -0.4 is 10.6 Å². The Morgan fingerprint density at radius 2 is 1.83 bits per heavy atom. The average molecular weight is 482 g/mol. The molecule has 1 atom stereocenters. The molecule has 3 heterocycles. The number of fused-ring (bicyclic) bond motifs is 2. The van der Waals surface area contributed by atoms with Gasteiger partial charge in [-0.05, 0) is 73.7 Å². The van der Waals surface area contributed by atoms with E-state index in [2.05, 4.69) is 46.4 Å². The van der Waals surface area contributed by atoms with Gasteiger partial charge in [0, 0.05) is 25.3 Å². The van der Waals surface area contributed by atoms with Crippen LogP contribution >= 0.6 is 0 Å². The summed E-state index contributed by atoms with van der Waals surface area (Å²) >= 11 is 0. The van der Waals surface area contributed by atoms with Crippen molar-refractivity contribution in [2.75, 3.05) is 31.5 Å². The number of hydrogen-bond acceptors (Lipinski definition) is 4. The minimum atomic E-state index is -0.0312. The van der Waals surface area contributed by atoms with E-state index >= 15 is 0 Å². The molecule has 6 nitrogen and oxygen atoms in total. The van der Waals surface area contributed by atoms with E-state index < -0.39 is 0 Å². The molecule has 2 N–H and O–H groups in total. The van der Waals surface area contributed by atoms with Crippen LogP contribution in [-0.4, -0.2) is 46.8 Å². The lowest BCUT2D eigenvalue weighted by Crippen LogP contribution is -2.40. The number of hydrogen-bond donors (Lipinski definition) is 2. The maximum absolute atomic E-state index is 13.3. The molecule has 2 aliphatic heterocycles. The van der Waals surface area contributed by atoms with E-state index in [1.54, 1.807) is 5.56 Å². The van der Waals surface area contributed by atoms with Gasteiger partial charge in [0.05, 0.1) is 23.4 Å². The van der Waals surface area contributed by atoms with E-state index in [0.717, 1.165) is 68.8 Å². The largest absolute Gasteiger partial charge is 0.371 e. The molecule has 1 spiro atoms. The summed E-state index contributed by atoms with van der Waals surface area (Å²) in [6.07, 6.45) is 8.48. The van der Waals surface area contributed by atoms with Crippen molar-refractivity contribution in [3.8, 4) is 5.69 Å². The predicted molar refractivity (Wildman–Crippen MR) is 144 cm³/mol. The second kappa shape index (κ2) is 9.58. The molecule has 1 amide bonds. The number of rotatable bonds is 5. The van der Waals surface area contributed by atoms with Crippen molar-refractivity contribution in [1.82, 2.24) is 20.0 Å². The summed E-state index contributed by atoms with van der Waals surface area (Å²) in [5.41, 5.74) is 6.15. The summed E-state index contributed by atoms with van der Waals surface area (Å²) in [5.74, 6) is 0.735. The van der Waals surface area contributed by atoms with Crippen LogP contribution in [0.1, 0.15) is 48.8 Å². The van der Waals surface area contributed by atoms with Gasteiger partial charge in [0.15, 0.2) is 0 Å². The molecule has 36 heavy (non-hydrogen) atoms. The highest BCUT2D eigenvalue weighted by Gasteiger charge is 2.41. The molecular weight excluding hydrogens is 446 g/mol. The Morgan fingerprint density at radius 3 is 2.61 bits per heavy atom. The fourth-order valence-electron chi connectivity index (χ4n) is 6.40. The van der Waals surface area contributed by atoms with Crippen LogP contribution in [0.5, 0.6) is 0 Å². The first-order valence-electron chi connectivity index (χ1n) is 13.3. The van der Waals surface area contributed by atoms with Gasteiger partial charge >= 0.3 is 0 Å². The number of piperidine rings is 2. The third-order valence-corrected chi connectivity index (χ3v) is 8.55. The predicted octanol–water partition coefficient (Wildman–Crippen LogP) is 4.76. The van der Waals surface area contributed by atoms with Gasteiger partial charge in [0.1, 0.15) is 5.82 Å². The van der Waals surface area contributed by atoms with Crippen molar-refractivity contribution < 1.29 is 4.79 Å². The zero-order valence-electron chi connectivity index (χ0n) is 20.9. The number of para-hydroxylation sites is 1. The minimum absolute atomic E-state index is 0.0312. The maximum Gasteiger partial charge on any atom is 0.229 e. The molecule has 6 heteroatoms. The summed E-state index contributed by atoms with van der Waals surface area (Å²) < 4.78 is 1.84. The highest BCUT2D eigenvalue weighted by Crippen LogP contribution is 2.47. The van der Waals surface area contributed by atoms with Gasteiger partial charge in [0.25, 0.3) is 0 Å². The smallest absolute Gasteiger partial charge is 0.229 e. The first-order valence-corrected chi connectivity index (χ1v) is 13.3. The number of anilines is 1. The van der Waals surface area contributed by atoms with Crippen LogP contribution in [0.4, 0.5) is 5.82 Å². The Bertz CT molecular complexity index is 1250.